The van der Waals surface area contributed by atoms with E-state index in [2.05, 4.69) is 12.2 Å². The summed E-state index contributed by atoms with van der Waals surface area (Å²) in [5, 5.41) is 8.16. The molecule has 0 fully saturated rings. The van der Waals surface area contributed by atoms with Crippen molar-refractivity contribution in [3.63, 3.8) is 0 Å². The maximum Gasteiger partial charge on any atom is 0.0908 e. The lowest BCUT2D eigenvalue weighted by molar-refractivity contribution is 0.762. The van der Waals surface area contributed by atoms with Gasteiger partial charge in [-0.25, -0.2) is 0 Å². The lowest BCUT2D eigenvalue weighted by atomic mass is 10.2. The zero-order chi connectivity index (χ0) is 8.36. The van der Waals surface area contributed by atoms with Crippen LogP contribution in [0.4, 0.5) is 0 Å². The van der Waals surface area contributed by atoms with Crippen molar-refractivity contribution in [1.29, 1.82) is 5.26 Å². The molecule has 0 aliphatic heterocycles. The normalized spacial score (nSPS) is 10.9. The van der Waals surface area contributed by atoms with Gasteiger partial charge < -0.3 is 0 Å². The fourth-order valence-electron chi connectivity index (χ4n) is 0.827. The second-order valence-corrected chi connectivity index (χ2v) is 2.38. The van der Waals surface area contributed by atoms with E-state index in [1.54, 1.807) is 6.08 Å². The largest absolute Gasteiger partial charge is 0.193 e. The summed E-state index contributed by atoms with van der Waals surface area (Å²) in [4.78, 5) is 0. The Kier molecular flexibility index (Phi) is 8.13. The number of unbranched alkanes of at least 4 members (excludes halogenated alkanes) is 3. The van der Waals surface area contributed by atoms with E-state index in [0.29, 0.717) is 0 Å². The van der Waals surface area contributed by atoms with E-state index in [4.69, 9.17) is 5.26 Å². The molecular weight excluding hydrogens is 134 g/mol. The molecule has 0 unspecified atom stereocenters. The SMILES string of the molecule is C/C=C/CCCC/C=C/C#N. The van der Waals surface area contributed by atoms with Gasteiger partial charge in [0, 0.05) is 6.08 Å². The molecule has 0 heterocycles. The van der Waals surface area contributed by atoms with Gasteiger partial charge in [-0.3, -0.25) is 0 Å². The fraction of sp³-hybridized carbons (Fsp3) is 0.500. The Morgan fingerprint density at radius 1 is 1.18 bits per heavy atom. The van der Waals surface area contributed by atoms with E-state index in [1.165, 1.54) is 12.8 Å². The van der Waals surface area contributed by atoms with Crippen LogP contribution >= 0.6 is 0 Å². The number of hydrogen-bond donors (Lipinski definition) is 0. The lowest BCUT2D eigenvalue weighted by Crippen LogP contribution is -1.71. The first-order valence-electron chi connectivity index (χ1n) is 4.07. The summed E-state index contributed by atoms with van der Waals surface area (Å²) in [6.45, 7) is 2.04. The molecule has 1 heteroatoms. The van der Waals surface area contributed by atoms with Gasteiger partial charge in [-0.2, -0.15) is 5.26 Å². The number of nitrogens with zero attached hydrogens (tertiary/aromatic N) is 1. The van der Waals surface area contributed by atoms with E-state index in [9.17, 15) is 0 Å². The summed E-state index contributed by atoms with van der Waals surface area (Å²) in [6, 6.07) is 1.98. The summed E-state index contributed by atoms with van der Waals surface area (Å²) in [5.41, 5.74) is 0. The minimum atomic E-state index is 1.03. The molecule has 0 spiro atoms. The monoisotopic (exact) mass is 149 g/mol. The maximum absolute atomic E-state index is 8.16. The van der Waals surface area contributed by atoms with Crippen LogP contribution < -0.4 is 0 Å². The number of nitriles is 1. The highest BCUT2D eigenvalue weighted by molar-refractivity contribution is 5.01. The van der Waals surface area contributed by atoms with Gasteiger partial charge in [0.05, 0.1) is 6.07 Å². The van der Waals surface area contributed by atoms with Crippen molar-refractivity contribution in [2.45, 2.75) is 32.6 Å². The van der Waals surface area contributed by atoms with Crippen LogP contribution in [0.15, 0.2) is 24.3 Å². The fourth-order valence-corrected chi connectivity index (χ4v) is 0.827. The molecule has 11 heavy (non-hydrogen) atoms. The lowest BCUT2D eigenvalue weighted by Gasteiger charge is -1.90. The van der Waals surface area contributed by atoms with Crippen LogP contribution in [0.1, 0.15) is 32.6 Å². The van der Waals surface area contributed by atoms with Gasteiger partial charge in [0.25, 0.3) is 0 Å². The number of hydrogen-bond acceptors (Lipinski definition) is 1. The molecule has 0 aromatic heterocycles. The molecule has 0 aromatic rings. The number of rotatable bonds is 5. The molecular formula is C10H15N. The average molecular weight is 149 g/mol. The summed E-state index contributed by atoms with van der Waals surface area (Å²) in [7, 11) is 0. The van der Waals surface area contributed by atoms with E-state index in [1.807, 2.05) is 19.1 Å². The van der Waals surface area contributed by atoms with E-state index in [-0.39, 0.29) is 0 Å². The Hall–Kier alpha value is -1.03. The van der Waals surface area contributed by atoms with Crippen molar-refractivity contribution in [2.24, 2.45) is 0 Å². The molecule has 60 valence electrons. The van der Waals surface area contributed by atoms with Crippen LogP contribution in [-0.4, -0.2) is 0 Å². The first-order chi connectivity index (χ1) is 5.41. The first kappa shape index (κ1) is 9.97. The zero-order valence-electron chi connectivity index (χ0n) is 7.09. The molecule has 0 aliphatic carbocycles. The van der Waals surface area contributed by atoms with Gasteiger partial charge in [0.2, 0.25) is 0 Å². The Balaban J connectivity index is 3.03. The Morgan fingerprint density at radius 2 is 1.82 bits per heavy atom. The third-order valence-electron chi connectivity index (χ3n) is 1.42. The molecule has 0 bridgehead atoms. The molecule has 0 aromatic carbocycles. The quantitative estimate of drug-likeness (QED) is 0.334. The van der Waals surface area contributed by atoms with E-state index >= 15 is 0 Å². The van der Waals surface area contributed by atoms with Gasteiger partial charge >= 0.3 is 0 Å². The highest BCUT2D eigenvalue weighted by atomic mass is 14.2. The summed E-state index contributed by atoms with van der Waals surface area (Å²) in [6.07, 6.45) is 12.3. The third-order valence-corrected chi connectivity index (χ3v) is 1.42. The second kappa shape index (κ2) is 8.97. The predicted molar refractivity (Wildman–Crippen MR) is 48.0 cm³/mol. The number of allylic oxidation sites excluding steroid dienone is 4. The van der Waals surface area contributed by atoms with Gasteiger partial charge in [-0.1, -0.05) is 18.2 Å². The smallest absolute Gasteiger partial charge is 0.0908 e. The Bertz CT molecular complexity index is 160. The molecule has 0 saturated carbocycles. The van der Waals surface area contributed by atoms with Gasteiger partial charge in [-0.15, -0.1) is 0 Å². The zero-order valence-corrected chi connectivity index (χ0v) is 7.09. The van der Waals surface area contributed by atoms with Crippen molar-refractivity contribution in [3.05, 3.63) is 24.3 Å². The van der Waals surface area contributed by atoms with Crippen LogP contribution in [0.3, 0.4) is 0 Å². The van der Waals surface area contributed by atoms with Gasteiger partial charge in [0.1, 0.15) is 0 Å². The molecule has 0 saturated heterocycles. The topological polar surface area (TPSA) is 23.8 Å². The molecule has 0 aliphatic rings. The van der Waals surface area contributed by atoms with Crippen LogP contribution in [-0.2, 0) is 0 Å². The molecule has 0 N–H and O–H groups in total. The predicted octanol–water partition coefficient (Wildman–Crippen LogP) is 3.20. The van der Waals surface area contributed by atoms with Crippen molar-refractivity contribution >= 4 is 0 Å². The summed E-state index contributed by atoms with van der Waals surface area (Å²) in [5.74, 6) is 0. The Labute approximate surface area is 69.0 Å². The standard InChI is InChI=1S/C10H15N/c1-2-3-4-5-6-7-8-9-10-11/h2-3,8-9H,4-7H2,1H3/b3-2+,9-8+. The van der Waals surface area contributed by atoms with Crippen molar-refractivity contribution in [3.8, 4) is 6.07 Å². The van der Waals surface area contributed by atoms with Crippen molar-refractivity contribution in [1.82, 2.24) is 0 Å². The molecule has 0 radical (unpaired) electrons. The van der Waals surface area contributed by atoms with Crippen LogP contribution in [0.2, 0.25) is 0 Å². The van der Waals surface area contributed by atoms with Crippen LogP contribution in [0.5, 0.6) is 0 Å². The van der Waals surface area contributed by atoms with Gasteiger partial charge in [-0.05, 0) is 32.6 Å². The average Bonchev–Trinajstić information content (AvgIpc) is 2.03. The molecule has 0 rings (SSSR count). The molecule has 1 nitrogen and oxygen atoms in total. The summed E-state index contributed by atoms with van der Waals surface area (Å²) >= 11 is 0. The van der Waals surface area contributed by atoms with Gasteiger partial charge in [0.15, 0.2) is 0 Å². The van der Waals surface area contributed by atoms with Crippen molar-refractivity contribution < 1.29 is 0 Å². The minimum Gasteiger partial charge on any atom is -0.193 e. The highest BCUT2D eigenvalue weighted by Crippen LogP contribution is 2.00. The van der Waals surface area contributed by atoms with E-state index < -0.39 is 0 Å². The highest BCUT2D eigenvalue weighted by Gasteiger charge is 1.81. The second-order valence-electron chi connectivity index (χ2n) is 2.38. The minimum absolute atomic E-state index is 1.03. The maximum atomic E-state index is 8.16. The molecule has 0 atom stereocenters. The third kappa shape index (κ3) is 8.97. The van der Waals surface area contributed by atoms with Crippen molar-refractivity contribution in [2.75, 3.05) is 0 Å². The van der Waals surface area contributed by atoms with Crippen LogP contribution in [0, 0.1) is 11.3 Å². The molecule has 0 amide bonds. The van der Waals surface area contributed by atoms with E-state index in [0.717, 1.165) is 12.8 Å². The Morgan fingerprint density at radius 3 is 2.36 bits per heavy atom. The first-order valence-corrected chi connectivity index (χ1v) is 4.07. The van der Waals surface area contributed by atoms with Crippen LogP contribution in [0.25, 0.3) is 0 Å². The summed E-state index contributed by atoms with van der Waals surface area (Å²) < 4.78 is 0.